The van der Waals surface area contributed by atoms with Crippen molar-refractivity contribution >= 4 is 17.7 Å². The quantitative estimate of drug-likeness (QED) is 0.457. The van der Waals surface area contributed by atoms with Gasteiger partial charge in [-0.25, -0.2) is 0 Å². The average Bonchev–Trinajstić information content (AvgIpc) is 1.97. The second kappa shape index (κ2) is 6.93. The molecule has 0 amide bonds. The molecule has 10 heavy (non-hydrogen) atoms. The third kappa shape index (κ3) is 5.95. The summed E-state index contributed by atoms with van der Waals surface area (Å²) in [6.45, 7) is 2.06. The van der Waals surface area contributed by atoms with Crippen LogP contribution in [0.25, 0.3) is 0 Å². The van der Waals surface area contributed by atoms with Crippen LogP contribution in [-0.2, 0) is 9.53 Å². The molecule has 0 radical (unpaired) electrons. The summed E-state index contributed by atoms with van der Waals surface area (Å²) in [6.07, 6.45) is 4.46. The molecule has 0 aliphatic heterocycles. The standard InChI is InChI=1S/C7H14O2S/c1-3-4-5-7(8)9-6-10-2/h3-6H2,1-2H3. The molecule has 0 aromatic carbocycles. The Balaban J connectivity index is 3.09. The van der Waals surface area contributed by atoms with Crippen molar-refractivity contribution < 1.29 is 9.53 Å². The first-order valence-corrected chi connectivity index (χ1v) is 4.85. The van der Waals surface area contributed by atoms with E-state index in [0.717, 1.165) is 12.8 Å². The molecule has 0 rings (SSSR count). The van der Waals surface area contributed by atoms with Gasteiger partial charge in [0.05, 0.1) is 0 Å². The van der Waals surface area contributed by atoms with E-state index in [1.54, 1.807) is 0 Å². The second-order valence-electron chi connectivity index (χ2n) is 2.03. The molecule has 0 fully saturated rings. The van der Waals surface area contributed by atoms with E-state index >= 15 is 0 Å². The molecule has 0 aromatic heterocycles. The Labute approximate surface area is 66.3 Å². The van der Waals surface area contributed by atoms with Crippen LogP contribution in [0.15, 0.2) is 0 Å². The Morgan fingerprint density at radius 3 is 2.80 bits per heavy atom. The van der Waals surface area contributed by atoms with Crippen molar-refractivity contribution in [1.29, 1.82) is 0 Å². The topological polar surface area (TPSA) is 26.3 Å². The first-order valence-electron chi connectivity index (χ1n) is 3.45. The highest BCUT2D eigenvalue weighted by atomic mass is 32.2. The molecule has 0 aliphatic carbocycles. The van der Waals surface area contributed by atoms with Gasteiger partial charge in [-0.15, -0.1) is 11.8 Å². The highest BCUT2D eigenvalue weighted by Crippen LogP contribution is 1.99. The molecule has 60 valence electrons. The van der Waals surface area contributed by atoms with Gasteiger partial charge in [0.2, 0.25) is 0 Å². The lowest BCUT2D eigenvalue weighted by Gasteiger charge is -1.99. The third-order valence-corrected chi connectivity index (χ3v) is 1.43. The number of thioether (sulfide) groups is 1. The largest absolute Gasteiger partial charge is 0.455 e. The molecule has 2 nitrogen and oxygen atoms in total. The molecule has 0 atom stereocenters. The molecule has 0 spiro atoms. The van der Waals surface area contributed by atoms with Gasteiger partial charge < -0.3 is 4.74 Å². The minimum atomic E-state index is -0.0730. The summed E-state index contributed by atoms with van der Waals surface area (Å²) in [7, 11) is 0. The number of ether oxygens (including phenoxy) is 1. The van der Waals surface area contributed by atoms with Crippen molar-refractivity contribution in [3.8, 4) is 0 Å². The molecule has 0 saturated heterocycles. The SMILES string of the molecule is CCCCC(=O)OCSC. The first-order chi connectivity index (χ1) is 4.81. The van der Waals surface area contributed by atoms with Crippen LogP contribution in [0.4, 0.5) is 0 Å². The van der Waals surface area contributed by atoms with Gasteiger partial charge in [-0.3, -0.25) is 4.79 Å². The summed E-state index contributed by atoms with van der Waals surface area (Å²) >= 11 is 1.52. The Kier molecular flexibility index (Phi) is 6.81. The fraction of sp³-hybridized carbons (Fsp3) is 0.857. The van der Waals surface area contributed by atoms with Gasteiger partial charge >= 0.3 is 5.97 Å². The number of esters is 1. The fourth-order valence-electron chi connectivity index (χ4n) is 0.518. The number of unbranched alkanes of at least 4 members (excludes halogenated alkanes) is 1. The van der Waals surface area contributed by atoms with Crippen molar-refractivity contribution in [2.24, 2.45) is 0 Å². The van der Waals surface area contributed by atoms with Crippen LogP contribution < -0.4 is 0 Å². The molecular formula is C7H14O2S. The lowest BCUT2D eigenvalue weighted by molar-refractivity contribution is -0.141. The zero-order valence-electron chi connectivity index (χ0n) is 6.55. The molecule has 0 saturated carbocycles. The number of carbonyl (C=O) groups excluding carboxylic acids is 1. The number of hydrogen-bond donors (Lipinski definition) is 0. The summed E-state index contributed by atoms with van der Waals surface area (Å²) in [6, 6.07) is 0. The molecule has 0 aliphatic rings. The number of rotatable bonds is 5. The van der Waals surface area contributed by atoms with Crippen LogP contribution in [0.3, 0.4) is 0 Å². The second-order valence-corrected chi connectivity index (χ2v) is 2.84. The minimum Gasteiger partial charge on any atom is -0.455 e. The normalized spacial score (nSPS) is 9.40. The fourth-order valence-corrected chi connectivity index (χ4v) is 0.767. The maximum absolute atomic E-state index is 10.7. The van der Waals surface area contributed by atoms with Gasteiger partial charge in [0, 0.05) is 6.42 Å². The summed E-state index contributed by atoms with van der Waals surface area (Å²) in [5.41, 5.74) is 0. The van der Waals surface area contributed by atoms with Crippen molar-refractivity contribution in [1.82, 2.24) is 0 Å². The molecule has 0 N–H and O–H groups in total. The zero-order valence-corrected chi connectivity index (χ0v) is 7.37. The van der Waals surface area contributed by atoms with Gasteiger partial charge in [0.15, 0.2) is 0 Å². The zero-order chi connectivity index (χ0) is 7.82. The van der Waals surface area contributed by atoms with Crippen LogP contribution in [0, 0.1) is 0 Å². The van der Waals surface area contributed by atoms with E-state index in [2.05, 4.69) is 6.92 Å². The van der Waals surface area contributed by atoms with Crippen LogP contribution in [-0.4, -0.2) is 18.2 Å². The first kappa shape index (κ1) is 9.82. The maximum atomic E-state index is 10.7. The van der Waals surface area contributed by atoms with Crippen molar-refractivity contribution in [3.05, 3.63) is 0 Å². The summed E-state index contributed by atoms with van der Waals surface area (Å²) in [5.74, 6) is 0.416. The monoisotopic (exact) mass is 162 g/mol. The van der Waals surface area contributed by atoms with Crippen LogP contribution in [0.1, 0.15) is 26.2 Å². The molecule has 0 aromatic rings. The molecule has 0 unspecified atom stereocenters. The minimum absolute atomic E-state index is 0.0730. The highest BCUT2D eigenvalue weighted by Gasteiger charge is 1.98. The van der Waals surface area contributed by atoms with E-state index < -0.39 is 0 Å². The van der Waals surface area contributed by atoms with Crippen LogP contribution in [0.5, 0.6) is 0 Å². The predicted molar refractivity (Wildman–Crippen MR) is 44.0 cm³/mol. The highest BCUT2D eigenvalue weighted by molar-refractivity contribution is 7.98. The van der Waals surface area contributed by atoms with E-state index in [1.807, 2.05) is 6.26 Å². The van der Waals surface area contributed by atoms with Crippen LogP contribution in [0.2, 0.25) is 0 Å². The summed E-state index contributed by atoms with van der Waals surface area (Å²) < 4.78 is 4.82. The molecule has 0 heterocycles. The summed E-state index contributed by atoms with van der Waals surface area (Å²) in [4.78, 5) is 10.7. The lowest BCUT2D eigenvalue weighted by atomic mass is 10.3. The van der Waals surface area contributed by atoms with Gasteiger partial charge in [0.1, 0.15) is 5.94 Å². The Hall–Kier alpha value is -0.180. The van der Waals surface area contributed by atoms with E-state index in [0.29, 0.717) is 12.4 Å². The number of hydrogen-bond acceptors (Lipinski definition) is 3. The Morgan fingerprint density at radius 2 is 2.30 bits per heavy atom. The van der Waals surface area contributed by atoms with E-state index in [-0.39, 0.29) is 5.97 Å². The molecule has 3 heteroatoms. The van der Waals surface area contributed by atoms with E-state index in [4.69, 9.17) is 4.74 Å². The van der Waals surface area contributed by atoms with Gasteiger partial charge in [-0.05, 0) is 12.7 Å². The van der Waals surface area contributed by atoms with Crippen molar-refractivity contribution in [3.63, 3.8) is 0 Å². The molecular weight excluding hydrogens is 148 g/mol. The lowest BCUT2D eigenvalue weighted by Crippen LogP contribution is -2.02. The Morgan fingerprint density at radius 1 is 1.60 bits per heavy atom. The van der Waals surface area contributed by atoms with Crippen molar-refractivity contribution in [2.75, 3.05) is 12.2 Å². The van der Waals surface area contributed by atoms with Gasteiger partial charge in [-0.1, -0.05) is 13.3 Å². The van der Waals surface area contributed by atoms with E-state index in [1.165, 1.54) is 11.8 Å². The smallest absolute Gasteiger partial charge is 0.306 e. The summed E-state index contributed by atoms with van der Waals surface area (Å²) in [5, 5.41) is 0. The number of carbonyl (C=O) groups is 1. The molecule has 0 bridgehead atoms. The van der Waals surface area contributed by atoms with Crippen LogP contribution >= 0.6 is 11.8 Å². The predicted octanol–water partition coefficient (Wildman–Crippen LogP) is 2.04. The van der Waals surface area contributed by atoms with Gasteiger partial charge in [0.25, 0.3) is 0 Å². The van der Waals surface area contributed by atoms with E-state index in [9.17, 15) is 4.79 Å². The third-order valence-electron chi connectivity index (χ3n) is 1.07. The average molecular weight is 162 g/mol. The maximum Gasteiger partial charge on any atom is 0.306 e. The van der Waals surface area contributed by atoms with Crippen molar-refractivity contribution in [2.45, 2.75) is 26.2 Å². The van der Waals surface area contributed by atoms with Gasteiger partial charge in [-0.2, -0.15) is 0 Å². The Bertz CT molecular complexity index is 83.6.